The van der Waals surface area contributed by atoms with Gasteiger partial charge in [0.15, 0.2) is 0 Å². The van der Waals surface area contributed by atoms with Gasteiger partial charge >= 0.3 is 5.97 Å². The lowest BCUT2D eigenvalue weighted by molar-refractivity contribution is -0.139. The predicted molar refractivity (Wildman–Crippen MR) is 90.3 cm³/mol. The largest absolute Gasteiger partial charge is 0.426 e. The highest BCUT2D eigenvalue weighted by Crippen LogP contribution is 2.29. The van der Waals surface area contributed by atoms with Crippen molar-refractivity contribution >= 4 is 5.97 Å². The second kappa shape index (κ2) is 7.96. The Morgan fingerprint density at radius 3 is 2.52 bits per heavy atom. The maximum atomic E-state index is 12.3. The fraction of sp³-hybridized carbons (Fsp3) is 0.650. The number of carbonyl (C=O) groups excluding carboxylic acids is 1. The van der Waals surface area contributed by atoms with E-state index in [4.69, 9.17) is 4.74 Å². The quantitative estimate of drug-likeness (QED) is 0.666. The van der Waals surface area contributed by atoms with E-state index in [-0.39, 0.29) is 18.0 Å². The first-order valence-corrected chi connectivity index (χ1v) is 9.19. The summed E-state index contributed by atoms with van der Waals surface area (Å²) in [4.78, 5) is 12.3. The SMILES string of the molecule is O=C(Oc1cccc(CC2CCC(O)CC2)c1)C1CCCCC1. The molecule has 0 amide bonds. The highest BCUT2D eigenvalue weighted by atomic mass is 16.5. The molecule has 0 radical (unpaired) electrons. The van der Waals surface area contributed by atoms with Crippen LogP contribution in [0.15, 0.2) is 24.3 Å². The van der Waals surface area contributed by atoms with E-state index in [0.717, 1.165) is 57.8 Å². The number of benzene rings is 1. The summed E-state index contributed by atoms with van der Waals surface area (Å²) in [5, 5.41) is 9.60. The van der Waals surface area contributed by atoms with Crippen LogP contribution >= 0.6 is 0 Å². The normalized spacial score (nSPS) is 26.0. The van der Waals surface area contributed by atoms with Crippen LogP contribution in [0.1, 0.15) is 63.4 Å². The molecule has 1 aromatic rings. The molecule has 0 heterocycles. The number of hydrogen-bond acceptors (Lipinski definition) is 3. The standard InChI is InChI=1S/C20H28O3/c21-18-11-9-15(10-12-18)13-16-5-4-8-19(14-16)23-20(22)17-6-2-1-3-7-17/h4-5,8,14-15,17-18,21H,1-3,6-7,9-13H2. The van der Waals surface area contributed by atoms with Crippen LogP contribution in [0, 0.1) is 11.8 Å². The molecule has 0 bridgehead atoms. The lowest BCUT2D eigenvalue weighted by Crippen LogP contribution is -2.22. The van der Waals surface area contributed by atoms with Crippen molar-refractivity contribution in [3.05, 3.63) is 29.8 Å². The average Bonchev–Trinajstić information content (AvgIpc) is 2.58. The minimum absolute atomic E-state index is 0.0531. The highest BCUT2D eigenvalue weighted by Gasteiger charge is 2.23. The molecule has 3 rings (SSSR count). The van der Waals surface area contributed by atoms with E-state index in [2.05, 4.69) is 6.07 Å². The smallest absolute Gasteiger partial charge is 0.314 e. The zero-order valence-electron chi connectivity index (χ0n) is 13.9. The molecule has 0 aliphatic heterocycles. The fourth-order valence-electron chi connectivity index (χ4n) is 3.96. The van der Waals surface area contributed by atoms with Gasteiger partial charge in [0.25, 0.3) is 0 Å². The van der Waals surface area contributed by atoms with E-state index in [0.29, 0.717) is 11.7 Å². The Morgan fingerprint density at radius 1 is 1.04 bits per heavy atom. The van der Waals surface area contributed by atoms with E-state index in [1.54, 1.807) is 0 Å². The molecule has 23 heavy (non-hydrogen) atoms. The third-order valence-electron chi connectivity index (χ3n) is 5.40. The summed E-state index contributed by atoms with van der Waals surface area (Å²) in [6.45, 7) is 0. The number of aliphatic hydroxyl groups is 1. The van der Waals surface area contributed by atoms with Gasteiger partial charge in [-0.1, -0.05) is 31.4 Å². The van der Waals surface area contributed by atoms with Gasteiger partial charge in [-0.3, -0.25) is 4.79 Å². The molecule has 3 nitrogen and oxygen atoms in total. The Balaban J connectivity index is 1.55. The lowest BCUT2D eigenvalue weighted by atomic mass is 9.83. The van der Waals surface area contributed by atoms with Crippen molar-refractivity contribution in [1.82, 2.24) is 0 Å². The molecule has 126 valence electrons. The van der Waals surface area contributed by atoms with Crippen molar-refractivity contribution in [3.63, 3.8) is 0 Å². The summed E-state index contributed by atoms with van der Waals surface area (Å²) in [6, 6.07) is 8.00. The zero-order valence-corrected chi connectivity index (χ0v) is 13.9. The van der Waals surface area contributed by atoms with Crippen molar-refractivity contribution < 1.29 is 14.6 Å². The minimum Gasteiger partial charge on any atom is -0.426 e. The maximum absolute atomic E-state index is 12.3. The molecular weight excluding hydrogens is 288 g/mol. The van der Waals surface area contributed by atoms with Crippen molar-refractivity contribution in [3.8, 4) is 5.75 Å². The van der Waals surface area contributed by atoms with E-state index < -0.39 is 0 Å². The summed E-state index contributed by atoms with van der Waals surface area (Å²) in [6.07, 6.45) is 10.4. The molecule has 2 aliphatic rings. The van der Waals surface area contributed by atoms with Crippen LogP contribution in [0.4, 0.5) is 0 Å². The molecule has 1 aromatic carbocycles. The van der Waals surface area contributed by atoms with Gasteiger partial charge < -0.3 is 9.84 Å². The van der Waals surface area contributed by atoms with Gasteiger partial charge in [0, 0.05) is 0 Å². The fourth-order valence-corrected chi connectivity index (χ4v) is 3.96. The summed E-state index contributed by atoms with van der Waals surface area (Å²) in [5.41, 5.74) is 1.24. The molecule has 2 fully saturated rings. The molecule has 0 atom stereocenters. The van der Waals surface area contributed by atoms with E-state index in [1.165, 1.54) is 12.0 Å². The van der Waals surface area contributed by atoms with Crippen LogP contribution < -0.4 is 4.74 Å². The van der Waals surface area contributed by atoms with E-state index in [1.807, 2.05) is 18.2 Å². The number of hydrogen-bond donors (Lipinski definition) is 1. The summed E-state index contributed by atoms with van der Waals surface area (Å²) >= 11 is 0. The highest BCUT2D eigenvalue weighted by molar-refractivity contribution is 5.75. The van der Waals surface area contributed by atoms with Gasteiger partial charge in [-0.2, -0.15) is 0 Å². The maximum Gasteiger partial charge on any atom is 0.314 e. The van der Waals surface area contributed by atoms with Crippen molar-refractivity contribution in [1.29, 1.82) is 0 Å². The summed E-state index contributed by atoms with van der Waals surface area (Å²) in [7, 11) is 0. The molecule has 3 heteroatoms. The van der Waals surface area contributed by atoms with E-state index in [9.17, 15) is 9.90 Å². The van der Waals surface area contributed by atoms with Crippen LogP contribution in [0.25, 0.3) is 0 Å². The Morgan fingerprint density at radius 2 is 1.78 bits per heavy atom. The second-order valence-electron chi connectivity index (χ2n) is 7.28. The minimum atomic E-state index is -0.103. The van der Waals surface area contributed by atoms with Gasteiger partial charge in [0.2, 0.25) is 0 Å². The molecule has 0 saturated heterocycles. The zero-order chi connectivity index (χ0) is 16.1. The van der Waals surface area contributed by atoms with Crippen LogP contribution in [-0.2, 0) is 11.2 Å². The molecule has 0 unspecified atom stereocenters. The van der Waals surface area contributed by atoms with Gasteiger partial charge in [-0.05, 0) is 68.6 Å². The van der Waals surface area contributed by atoms with Gasteiger partial charge in [-0.25, -0.2) is 0 Å². The Hall–Kier alpha value is -1.35. The van der Waals surface area contributed by atoms with Crippen molar-refractivity contribution in [2.45, 2.75) is 70.3 Å². The van der Waals surface area contributed by atoms with Crippen LogP contribution in [-0.4, -0.2) is 17.2 Å². The summed E-state index contributed by atoms with van der Waals surface area (Å²) < 4.78 is 5.62. The van der Waals surface area contributed by atoms with E-state index >= 15 is 0 Å². The molecule has 2 saturated carbocycles. The first kappa shape index (κ1) is 16.5. The summed E-state index contributed by atoms with van der Waals surface area (Å²) in [5.74, 6) is 1.37. The first-order chi connectivity index (χ1) is 11.2. The molecule has 0 aromatic heterocycles. The van der Waals surface area contributed by atoms with Crippen molar-refractivity contribution in [2.75, 3.05) is 0 Å². The lowest BCUT2D eigenvalue weighted by Gasteiger charge is -2.25. The molecule has 0 spiro atoms. The van der Waals surface area contributed by atoms with Gasteiger partial charge in [-0.15, -0.1) is 0 Å². The number of rotatable bonds is 4. The number of carbonyl (C=O) groups is 1. The number of esters is 1. The molecule has 1 N–H and O–H groups in total. The van der Waals surface area contributed by atoms with Crippen LogP contribution in [0.3, 0.4) is 0 Å². The van der Waals surface area contributed by atoms with Gasteiger partial charge in [0.05, 0.1) is 12.0 Å². The molecule has 2 aliphatic carbocycles. The number of aliphatic hydroxyl groups excluding tert-OH is 1. The predicted octanol–water partition coefficient (Wildman–Crippen LogP) is 4.27. The third-order valence-corrected chi connectivity index (χ3v) is 5.40. The Labute approximate surface area is 139 Å². The third kappa shape index (κ3) is 4.81. The molecular formula is C20H28O3. The number of ether oxygens (including phenoxy) is 1. The average molecular weight is 316 g/mol. The topological polar surface area (TPSA) is 46.5 Å². The van der Waals surface area contributed by atoms with Crippen LogP contribution in [0.5, 0.6) is 5.75 Å². The monoisotopic (exact) mass is 316 g/mol. The Bertz CT molecular complexity index is 511. The van der Waals surface area contributed by atoms with Crippen LogP contribution in [0.2, 0.25) is 0 Å². The Kier molecular flexibility index (Phi) is 5.71. The first-order valence-electron chi connectivity index (χ1n) is 9.19. The second-order valence-corrected chi connectivity index (χ2v) is 7.28. The van der Waals surface area contributed by atoms with Crippen molar-refractivity contribution in [2.24, 2.45) is 11.8 Å². The van der Waals surface area contributed by atoms with Gasteiger partial charge in [0.1, 0.15) is 5.75 Å².